The van der Waals surface area contributed by atoms with Crippen LogP contribution in [0.4, 0.5) is 0 Å². The maximum Gasteiger partial charge on any atom is 0.00923 e. The van der Waals surface area contributed by atoms with Crippen LogP contribution in [0, 0.1) is 11.3 Å². The highest BCUT2D eigenvalue weighted by Gasteiger charge is 2.26. The number of nitrogens with one attached hydrogen (secondary N) is 1. The molecule has 1 heteroatoms. The van der Waals surface area contributed by atoms with Crippen LogP contribution in [0.1, 0.15) is 52.9 Å². The van der Waals surface area contributed by atoms with Gasteiger partial charge in [-0.3, -0.25) is 0 Å². The van der Waals surface area contributed by atoms with Gasteiger partial charge in [0.15, 0.2) is 0 Å². The van der Waals surface area contributed by atoms with Crippen molar-refractivity contribution in [3.63, 3.8) is 0 Å². The lowest BCUT2D eigenvalue weighted by Crippen LogP contribution is -2.29. The second kappa shape index (κ2) is 4.45. The van der Waals surface area contributed by atoms with Gasteiger partial charge in [0.2, 0.25) is 0 Å². The molecule has 0 heterocycles. The first-order chi connectivity index (χ1) is 6.03. The predicted molar refractivity (Wildman–Crippen MR) is 58.9 cm³/mol. The van der Waals surface area contributed by atoms with Gasteiger partial charge in [-0.1, -0.05) is 27.2 Å². The Kier molecular flexibility index (Phi) is 3.78. The summed E-state index contributed by atoms with van der Waals surface area (Å²) in [5.74, 6) is 0.948. The molecule has 0 aromatic rings. The highest BCUT2D eigenvalue weighted by Crippen LogP contribution is 2.33. The van der Waals surface area contributed by atoms with Crippen LogP contribution >= 0.6 is 0 Å². The van der Waals surface area contributed by atoms with Crippen molar-refractivity contribution in [3.8, 4) is 0 Å². The van der Waals surface area contributed by atoms with E-state index < -0.39 is 0 Å². The first-order valence-electron chi connectivity index (χ1n) is 5.70. The summed E-state index contributed by atoms with van der Waals surface area (Å²) in [5, 5.41) is 3.45. The summed E-state index contributed by atoms with van der Waals surface area (Å²) in [4.78, 5) is 0. The first kappa shape index (κ1) is 11.0. The topological polar surface area (TPSA) is 12.0 Å². The van der Waals surface area contributed by atoms with Gasteiger partial charge in [0, 0.05) is 6.04 Å². The molecule has 0 aromatic carbocycles. The van der Waals surface area contributed by atoms with Gasteiger partial charge in [0.1, 0.15) is 0 Å². The summed E-state index contributed by atoms with van der Waals surface area (Å²) in [6, 6.07) is 0.808. The molecule has 1 fully saturated rings. The average molecular weight is 183 g/mol. The molecule has 13 heavy (non-hydrogen) atoms. The molecule has 1 saturated carbocycles. The van der Waals surface area contributed by atoms with Crippen LogP contribution in [0.3, 0.4) is 0 Å². The lowest BCUT2D eigenvalue weighted by Gasteiger charge is -2.24. The van der Waals surface area contributed by atoms with E-state index in [-0.39, 0.29) is 0 Å². The minimum atomic E-state index is 0.515. The Hall–Kier alpha value is -0.0400. The Morgan fingerprint density at radius 3 is 2.46 bits per heavy atom. The number of hydrogen-bond donors (Lipinski definition) is 1. The summed E-state index contributed by atoms with van der Waals surface area (Å²) in [5.41, 5.74) is 0.515. The van der Waals surface area contributed by atoms with E-state index in [0.717, 1.165) is 12.0 Å². The van der Waals surface area contributed by atoms with E-state index >= 15 is 0 Å². The fraction of sp³-hybridized carbons (Fsp3) is 1.00. The van der Waals surface area contributed by atoms with Gasteiger partial charge in [-0.25, -0.2) is 0 Å². The van der Waals surface area contributed by atoms with Gasteiger partial charge >= 0.3 is 0 Å². The van der Waals surface area contributed by atoms with Crippen molar-refractivity contribution in [2.75, 3.05) is 7.05 Å². The van der Waals surface area contributed by atoms with Gasteiger partial charge in [-0.05, 0) is 44.1 Å². The van der Waals surface area contributed by atoms with Crippen molar-refractivity contribution >= 4 is 0 Å². The lowest BCUT2D eigenvalue weighted by atomic mass is 9.85. The lowest BCUT2D eigenvalue weighted by molar-refractivity contribution is 0.300. The van der Waals surface area contributed by atoms with Gasteiger partial charge in [0.05, 0.1) is 0 Å². The number of rotatable bonds is 3. The van der Waals surface area contributed by atoms with Crippen molar-refractivity contribution in [1.29, 1.82) is 0 Å². The van der Waals surface area contributed by atoms with Crippen molar-refractivity contribution in [3.05, 3.63) is 0 Å². The molecule has 1 rings (SSSR count). The minimum Gasteiger partial charge on any atom is -0.317 e. The third-order valence-corrected chi connectivity index (χ3v) is 3.29. The second-order valence-electron chi connectivity index (χ2n) is 5.69. The molecule has 1 nitrogen and oxygen atoms in total. The fourth-order valence-electron chi connectivity index (χ4n) is 2.38. The van der Waals surface area contributed by atoms with Crippen molar-refractivity contribution in [2.45, 2.75) is 58.9 Å². The molecule has 0 aliphatic heterocycles. The molecule has 0 bridgehead atoms. The molecule has 0 spiro atoms. The van der Waals surface area contributed by atoms with E-state index in [9.17, 15) is 0 Å². The van der Waals surface area contributed by atoms with E-state index in [1.807, 2.05) is 0 Å². The Labute approximate surface area is 83.3 Å². The Morgan fingerprint density at radius 1 is 1.23 bits per heavy atom. The highest BCUT2D eigenvalue weighted by atomic mass is 14.9. The van der Waals surface area contributed by atoms with Crippen LogP contribution in [-0.2, 0) is 0 Å². The van der Waals surface area contributed by atoms with Crippen molar-refractivity contribution in [2.24, 2.45) is 11.3 Å². The Bertz CT molecular complexity index is 146. The van der Waals surface area contributed by atoms with Gasteiger partial charge in [-0.2, -0.15) is 0 Å². The van der Waals surface area contributed by atoms with Crippen LogP contribution in [0.25, 0.3) is 0 Å². The molecule has 2 unspecified atom stereocenters. The van der Waals surface area contributed by atoms with Gasteiger partial charge in [-0.15, -0.1) is 0 Å². The van der Waals surface area contributed by atoms with E-state index in [4.69, 9.17) is 0 Å². The second-order valence-corrected chi connectivity index (χ2v) is 5.69. The molecule has 2 atom stereocenters. The maximum atomic E-state index is 3.45. The zero-order valence-corrected chi connectivity index (χ0v) is 9.69. The van der Waals surface area contributed by atoms with E-state index in [1.54, 1.807) is 0 Å². The third-order valence-electron chi connectivity index (χ3n) is 3.29. The molecule has 78 valence electrons. The SMILES string of the molecule is CNC1CCCC1CCC(C)(C)C. The fourth-order valence-corrected chi connectivity index (χ4v) is 2.38. The summed E-state index contributed by atoms with van der Waals surface area (Å²) in [6.45, 7) is 7.03. The van der Waals surface area contributed by atoms with E-state index in [2.05, 4.69) is 33.1 Å². The zero-order chi connectivity index (χ0) is 9.90. The normalized spacial score (nSPS) is 29.5. The molecule has 0 aromatic heterocycles. The zero-order valence-electron chi connectivity index (χ0n) is 9.69. The van der Waals surface area contributed by atoms with Gasteiger partial charge < -0.3 is 5.32 Å². The summed E-state index contributed by atoms with van der Waals surface area (Å²) in [7, 11) is 2.11. The highest BCUT2D eigenvalue weighted by molar-refractivity contribution is 4.82. The molecule has 0 radical (unpaired) electrons. The largest absolute Gasteiger partial charge is 0.317 e. The Balaban J connectivity index is 2.28. The van der Waals surface area contributed by atoms with Gasteiger partial charge in [0.25, 0.3) is 0 Å². The monoisotopic (exact) mass is 183 g/mol. The molecule has 1 N–H and O–H groups in total. The number of hydrogen-bond acceptors (Lipinski definition) is 1. The predicted octanol–water partition coefficient (Wildman–Crippen LogP) is 3.20. The molecule has 1 aliphatic carbocycles. The quantitative estimate of drug-likeness (QED) is 0.708. The standard InChI is InChI=1S/C12H25N/c1-12(2,3)9-8-10-6-5-7-11(10)13-4/h10-11,13H,5-9H2,1-4H3. The van der Waals surface area contributed by atoms with E-state index in [0.29, 0.717) is 5.41 Å². The maximum absolute atomic E-state index is 3.45. The van der Waals surface area contributed by atoms with Crippen LogP contribution in [0.15, 0.2) is 0 Å². The Morgan fingerprint density at radius 2 is 1.92 bits per heavy atom. The summed E-state index contributed by atoms with van der Waals surface area (Å²) >= 11 is 0. The molecule has 1 aliphatic rings. The third kappa shape index (κ3) is 3.68. The minimum absolute atomic E-state index is 0.515. The smallest absolute Gasteiger partial charge is 0.00923 e. The molecular weight excluding hydrogens is 158 g/mol. The van der Waals surface area contributed by atoms with Crippen molar-refractivity contribution < 1.29 is 0 Å². The van der Waals surface area contributed by atoms with E-state index in [1.165, 1.54) is 32.1 Å². The van der Waals surface area contributed by atoms with Crippen LogP contribution < -0.4 is 5.32 Å². The van der Waals surface area contributed by atoms with Crippen LogP contribution in [0.5, 0.6) is 0 Å². The summed E-state index contributed by atoms with van der Waals surface area (Å²) in [6.07, 6.45) is 7.05. The average Bonchev–Trinajstić information content (AvgIpc) is 2.46. The van der Waals surface area contributed by atoms with Crippen molar-refractivity contribution in [1.82, 2.24) is 5.32 Å². The van der Waals surface area contributed by atoms with Crippen LogP contribution in [0.2, 0.25) is 0 Å². The molecule has 0 saturated heterocycles. The molecule has 0 amide bonds. The summed E-state index contributed by atoms with van der Waals surface area (Å²) < 4.78 is 0. The first-order valence-corrected chi connectivity index (χ1v) is 5.70. The van der Waals surface area contributed by atoms with Crippen LogP contribution in [-0.4, -0.2) is 13.1 Å². The molecular formula is C12H25N.